The number of aryl methyl sites for hydroxylation is 1. The highest BCUT2D eigenvalue weighted by molar-refractivity contribution is 8.93. The monoisotopic (exact) mass is 345 g/mol. The van der Waals surface area contributed by atoms with Crippen LogP contribution in [0.4, 0.5) is 0 Å². The van der Waals surface area contributed by atoms with Crippen LogP contribution in [-0.4, -0.2) is 35.5 Å². The average molecular weight is 346 g/mol. The Hall–Kier alpha value is -1.08. The number of nitrogens with zero attached hydrogens (tertiary/aromatic N) is 3. The molecule has 0 spiro atoms. The van der Waals surface area contributed by atoms with Crippen molar-refractivity contribution >= 4 is 22.9 Å². The Morgan fingerprint density at radius 2 is 2.20 bits per heavy atom. The Morgan fingerprint density at radius 1 is 1.50 bits per heavy atom. The first-order chi connectivity index (χ1) is 9.11. The van der Waals surface area contributed by atoms with Crippen LogP contribution < -0.4 is 11.1 Å². The molecular weight excluding hydrogens is 322 g/mol. The molecule has 0 aromatic carbocycles. The van der Waals surface area contributed by atoms with E-state index >= 15 is 0 Å². The van der Waals surface area contributed by atoms with Crippen molar-refractivity contribution in [1.29, 1.82) is 0 Å². The van der Waals surface area contributed by atoms with Crippen molar-refractivity contribution in [3.63, 3.8) is 0 Å². The molecule has 0 saturated heterocycles. The summed E-state index contributed by atoms with van der Waals surface area (Å²) < 4.78 is 7.05. The molecule has 6 nitrogen and oxygen atoms in total. The number of guanidine groups is 1. The van der Waals surface area contributed by atoms with Gasteiger partial charge in [-0.15, -0.1) is 17.0 Å². The predicted octanol–water partition coefficient (Wildman–Crippen LogP) is 1.29. The van der Waals surface area contributed by atoms with Gasteiger partial charge in [-0.2, -0.15) is 5.10 Å². The Labute approximate surface area is 130 Å². The zero-order valence-electron chi connectivity index (χ0n) is 12.3. The number of nitrogens with two attached hydrogens (primary N) is 1. The van der Waals surface area contributed by atoms with E-state index in [1.54, 1.807) is 7.11 Å². The quantitative estimate of drug-likeness (QED) is 0.601. The van der Waals surface area contributed by atoms with Crippen molar-refractivity contribution in [2.45, 2.75) is 45.8 Å². The van der Waals surface area contributed by atoms with E-state index in [0.29, 0.717) is 25.2 Å². The summed E-state index contributed by atoms with van der Waals surface area (Å²) >= 11 is 0. The number of aliphatic imine (C=N–C) groups is 1. The third kappa shape index (κ3) is 4.49. The van der Waals surface area contributed by atoms with E-state index in [-0.39, 0.29) is 17.0 Å². The third-order valence-corrected chi connectivity index (χ3v) is 3.38. The van der Waals surface area contributed by atoms with Crippen molar-refractivity contribution < 1.29 is 4.74 Å². The lowest BCUT2D eigenvalue weighted by Crippen LogP contribution is -2.33. The summed E-state index contributed by atoms with van der Waals surface area (Å²) in [6, 6.07) is 0.537. The van der Waals surface area contributed by atoms with Gasteiger partial charge in [-0.05, 0) is 26.7 Å². The Bertz CT molecular complexity index is 468. The van der Waals surface area contributed by atoms with Crippen LogP contribution in [0.25, 0.3) is 0 Å². The summed E-state index contributed by atoms with van der Waals surface area (Å²) in [4.78, 5) is 4.39. The van der Waals surface area contributed by atoms with Crippen molar-refractivity contribution in [1.82, 2.24) is 15.1 Å². The number of aromatic nitrogens is 2. The van der Waals surface area contributed by atoms with Crippen LogP contribution in [0.2, 0.25) is 0 Å². The average Bonchev–Trinajstić information content (AvgIpc) is 3.13. The van der Waals surface area contributed by atoms with Gasteiger partial charge in [0.1, 0.15) is 0 Å². The molecule has 1 fully saturated rings. The summed E-state index contributed by atoms with van der Waals surface area (Å²) in [6.45, 7) is 6.08. The maximum absolute atomic E-state index is 5.84. The first-order valence-electron chi connectivity index (χ1n) is 6.70. The second-order valence-corrected chi connectivity index (χ2v) is 4.99. The van der Waals surface area contributed by atoms with Crippen molar-refractivity contribution in [2.24, 2.45) is 10.7 Å². The molecule has 1 aliphatic rings. The van der Waals surface area contributed by atoms with Crippen LogP contribution in [0.1, 0.15) is 29.8 Å². The molecule has 114 valence electrons. The van der Waals surface area contributed by atoms with Crippen LogP contribution in [0, 0.1) is 13.8 Å². The minimum atomic E-state index is 0. The van der Waals surface area contributed by atoms with Crippen molar-refractivity contribution in [3.05, 3.63) is 17.0 Å². The highest BCUT2D eigenvalue weighted by Gasteiger charge is 2.21. The number of nitrogens with one attached hydrogen (secondary N) is 1. The maximum atomic E-state index is 5.84. The lowest BCUT2D eigenvalue weighted by atomic mass is 10.2. The van der Waals surface area contributed by atoms with E-state index < -0.39 is 0 Å². The minimum Gasteiger partial charge on any atom is -0.383 e. The summed E-state index contributed by atoms with van der Waals surface area (Å²) in [5.74, 6) is 0.533. The second kappa shape index (κ2) is 7.64. The SMILES string of the molecule is Br.COCCn1nc(C)c(CN=C(N)NC2CC2)c1C. The van der Waals surface area contributed by atoms with Crippen LogP contribution >= 0.6 is 17.0 Å². The first kappa shape index (κ1) is 17.0. The molecule has 0 unspecified atom stereocenters. The number of halogens is 1. The molecule has 3 N–H and O–H groups in total. The van der Waals surface area contributed by atoms with Gasteiger partial charge in [-0.3, -0.25) is 4.68 Å². The van der Waals surface area contributed by atoms with E-state index in [1.165, 1.54) is 12.8 Å². The van der Waals surface area contributed by atoms with Gasteiger partial charge < -0.3 is 15.8 Å². The molecule has 20 heavy (non-hydrogen) atoms. The van der Waals surface area contributed by atoms with Crippen LogP contribution in [0.15, 0.2) is 4.99 Å². The van der Waals surface area contributed by atoms with Gasteiger partial charge in [0.25, 0.3) is 0 Å². The fourth-order valence-electron chi connectivity index (χ4n) is 2.00. The van der Waals surface area contributed by atoms with E-state index in [1.807, 2.05) is 11.6 Å². The maximum Gasteiger partial charge on any atom is 0.189 e. The second-order valence-electron chi connectivity index (χ2n) is 4.99. The molecule has 0 radical (unpaired) electrons. The Morgan fingerprint density at radius 3 is 2.80 bits per heavy atom. The van der Waals surface area contributed by atoms with Gasteiger partial charge >= 0.3 is 0 Å². The molecule has 0 amide bonds. The van der Waals surface area contributed by atoms with Crippen molar-refractivity contribution in [2.75, 3.05) is 13.7 Å². The first-order valence-corrected chi connectivity index (χ1v) is 6.70. The van der Waals surface area contributed by atoms with Gasteiger partial charge in [0.15, 0.2) is 5.96 Å². The standard InChI is InChI=1S/C13H23N5O.BrH/c1-9-12(8-15-13(14)16-11-4-5-11)10(2)18(17-9)6-7-19-3;/h11H,4-8H2,1-3H3,(H3,14,15,16);1H. The van der Waals surface area contributed by atoms with E-state index in [9.17, 15) is 0 Å². The molecule has 2 rings (SSSR count). The number of hydrogen-bond acceptors (Lipinski definition) is 3. The molecular formula is C13H24BrN5O. The summed E-state index contributed by atoms with van der Waals surface area (Å²) in [5, 5.41) is 7.69. The molecule has 0 atom stereocenters. The van der Waals surface area contributed by atoms with Crippen LogP contribution in [0.5, 0.6) is 0 Å². The van der Waals surface area contributed by atoms with E-state index in [4.69, 9.17) is 10.5 Å². The summed E-state index contributed by atoms with van der Waals surface area (Å²) in [7, 11) is 1.70. The predicted molar refractivity (Wildman–Crippen MR) is 85.4 cm³/mol. The van der Waals surface area contributed by atoms with Crippen molar-refractivity contribution in [3.8, 4) is 0 Å². The van der Waals surface area contributed by atoms with Gasteiger partial charge in [-0.25, -0.2) is 4.99 Å². The van der Waals surface area contributed by atoms with Crippen LogP contribution in [-0.2, 0) is 17.8 Å². The lowest BCUT2D eigenvalue weighted by molar-refractivity contribution is 0.182. The molecule has 1 heterocycles. The fraction of sp³-hybridized carbons (Fsp3) is 0.692. The Balaban J connectivity index is 0.00000200. The number of rotatable bonds is 6. The molecule has 7 heteroatoms. The lowest BCUT2D eigenvalue weighted by Gasteiger charge is -2.05. The molecule has 1 aliphatic carbocycles. The Kier molecular flexibility index (Phi) is 6.48. The van der Waals surface area contributed by atoms with E-state index in [0.717, 1.165) is 23.5 Å². The molecule has 1 aromatic rings. The molecule has 0 bridgehead atoms. The third-order valence-electron chi connectivity index (χ3n) is 3.38. The van der Waals surface area contributed by atoms with Gasteiger partial charge in [0, 0.05) is 24.4 Å². The minimum absolute atomic E-state index is 0. The van der Waals surface area contributed by atoms with Gasteiger partial charge in [-0.1, -0.05) is 0 Å². The summed E-state index contributed by atoms with van der Waals surface area (Å²) in [6.07, 6.45) is 2.40. The fourth-order valence-corrected chi connectivity index (χ4v) is 2.00. The number of ether oxygens (including phenoxy) is 1. The van der Waals surface area contributed by atoms with Gasteiger partial charge in [0.05, 0.1) is 25.4 Å². The number of hydrogen-bond donors (Lipinski definition) is 2. The smallest absolute Gasteiger partial charge is 0.189 e. The van der Waals surface area contributed by atoms with Crippen LogP contribution in [0.3, 0.4) is 0 Å². The highest BCUT2D eigenvalue weighted by atomic mass is 79.9. The number of methoxy groups -OCH3 is 1. The summed E-state index contributed by atoms with van der Waals surface area (Å²) in [5.41, 5.74) is 9.14. The van der Waals surface area contributed by atoms with E-state index in [2.05, 4.69) is 22.3 Å². The zero-order valence-corrected chi connectivity index (χ0v) is 14.1. The normalized spacial score (nSPS) is 15.1. The zero-order chi connectivity index (χ0) is 13.8. The molecule has 1 aromatic heterocycles. The largest absolute Gasteiger partial charge is 0.383 e. The molecule has 1 saturated carbocycles. The van der Waals surface area contributed by atoms with Gasteiger partial charge in [0.2, 0.25) is 0 Å². The molecule has 0 aliphatic heterocycles. The topological polar surface area (TPSA) is 77.5 Å². The highest BCUT2D eigenvalue weighted by Crippen LogP contribution is 2.18.